The van der Waals surface area contributed by atoms with E-state index in [9.17, 15) is 24.4 Å². The van der Waals surface area contributed by atoms with Gasteiger partial charge in [-0.3, -0.25) is 14.9 Å². The summed E-state index contributed by atoms with van der Waals surface area (Å²) in [6.45, 7) is 0.0596. The number of carbonyl (C=O) groups is 1. The predicted octanol–water partition coefficient (Wildman–Crippen LogP) is 2.37. The maximum absolute atomic E-state index is 13.4. The van der Waals surface area contributed by atoms with E-state index >= 15 is 0 Å². The fraction of sp³-hybridized carbons (Fsp3) is 0.0714. The summed E-state index contributed by atoms with van der Waals surface area (Å²) in [5.74, 6) is -1.63. The average molecular weight is 290 g/mol. The zero-order chi connectivity index (χ0) is 15.4. The Bertz CT molecular complexity index is 703. The quantitative estimate of drug-likeness (QED) is 0.668. The minimum absolute atomic E-state index is 0.0338. The molecular formula is C14H11FN2O4. The van der Waals surface area contributed by atoms with Gasteiger partial charge in [0, 0.05) is 23.7 Å². The Morgan fingerprint density at radius 3 is 2.62 bits per heavy atom. The molecule has 21 heavy (non-hydrogen) atoms. The number of aromatic hydroxyl groups is 1. The number of rotatable bonds is 4. The van der Waals surface area contributed by atoms with Crippen LogP contribution in [-0.2, 0) is 6.54 Å². The molecule has 2 aromatic rings. The average Bonchev–Trinajstić information content (AvgIpc) is 2.45. The van der Waals surface area contributed by atoms with E-state index in [1.54, 1.807) is 18.2 Å². The molecule has 108 valence electrons. The lowest BCUT2D eigenvalue weighted by Gasteiger charge is -2.07. The molecule has 2 aromatic carbocycles. The fourth-order valence-corrected chi connectivity index (χ4v) is 1.73. The molecule has 2 N–H and O–H groups in total. The number of hydrogen-bond donors (Lipinski definition) is 2. The lowest BCUT2D eigenvalue weighted by atomic mass is 10.1. The molecule has 0 unspecified atom stereocenters. The van der Waals surface area contributed by atoms with Crippen molar-refractivity contribution in [2.75, 3.05) is 0 Å². The molecule has 0 saturated heterocycles. The molecule has 0 aliphatic carbocycles. The van der Waals surface area contributed by atoms with Gasteiger partial charge >= 0.3 is 5.69 Å². The summed E-state index contributed by atoms with van der Waals surface area (Å²) in [5, 5.41) is 22.5. The molecule has 6 nitrogen and oxygen atoms in total. The topological polar surface area (TPSA) is 92.5 Å². The Kier molecular flexibility index (Phi) is 4.13. The number of nitrogens with one attached hydrogen (secondary N) is 1. The number of phenolic OH excluding ortho intramolecular Hbond substituents is 1. The van der Waals surface area contributed by atoms with Crippen LogP contribution in [0.5, 0.6) is 5.75 Å². The summed E-state index contributed by atoms with van der Waals surface area (Å²) in [6.07, 6.45) is 0. The lowest BCUT2D eigenvalue weighted by Crippen LogP contribution is -2.23. The molecule has 0 atom stereocenters. The van der Waals surface area contributed by atoms with Crippen molar-refractivity contribution in [3.63, 3.8) is 0 Å². The Labute approximate surface area is 119 Å². The van der Waals surface area contributed by atoms with Gasteiger partial charge in [0.25, 0.3) is 5.91 Å². The molecule has 0 fully saturated rings. The van der Waals surface area contributed by atoms with Crippen molar-refractivity contribution in [2.45, 2.75) is 6.54 Å². The van der Waals surface area contributed by atoms with Crippen molar-refractivity contribution in [3.05, 3.63) is 69.5 Å². The molecule has 0 heterocycles. The number of benzene rings is 2. The van der Waals surface area contributed by atoms with Crippen LogP contribution in [0, 0.1) is 15.9 Å². The van der Waals surface area contributed by atoms with E-state index < -0.39 is 22.3 Å². The van der Waals surface area contributed by atoms with E-state index in [0.29, 0.717) is 5.56 Å². The van der Waals surface area contributed by atoms with E-state index in [1.165, 1.54) is 12.1 Å². The van der Waals surface area contributed by atoms with Crippen molar-refractivity contribution in [1.29, 1.82) is 0 Å². The van der Waals surface area contributed by atoms with E-state index in [2.05, 4.69) is 5.32 Å². The summed E-state index contributed by atoms with van der Waals surface area (Å²) in [4.78, 5) is 21.5. The van der Waals surface area contributed by atoms with Crippen molar-refractivity contribution < 1.29 is 19.2 Å². The van der Waals surface area contributed by atoms with Crippen molar-refractivity contribution in [1.82, 2.24) is 5.32 Å². The van der Waals surface area contributed by atoms with Crippen LogP contribution in [0.2, 0.25) is 0 Å². The van der Waals surface area contributed by atoms with Crippen LogP contribution in [-0.4, -0.2) is 15.9 Å². The predicted molar refractivity (Wildman–Crippen MR) is 72.3 cm³/mol. The lowest BCUT2D eigenvalue weighted by molar-refractivity contribution is -0.387. The SMILES string of the molecule is O=C(NCc1ccccc1O)c1ccc([N+](=O)[O-])c(F)c1. The minimum Gasteiger partial charge on any atom is -0.508 e. The largest absolute Gasteiger partial charge is 0.508 e. The van der Waals surface area contributed by atoms with E-state index in [4.69, 9.17) is 0 Å². The minimum atomic E-state index is -1.07. The zero-order valence-corrected chi connectivity index (χ0v) is 10.7. The highest BCUT2D eigenvalue weighted by Gasteiger charge is 2.16. The molecular weight excluding hydrogens is 279 g/mol. The number of para-hydroxylation sites is 1. The number of nitro groups is 1. The second-order valence-electron chi connectivity index (χ2n) is 4.23. The number of phenols is 1. The number of carbonyl (C=O) groups excluding carboxylic acids is 1. The highest BCUT2D eigenvalue weighted by Crippen LogP contribution is 2.18. The maximum atomic E-state index is 13.4. The van der Waals surface area contributed by atoms with Crippen LogP contribution in [0.1, 0.15) is 15.9 Å². The van der Waals surface area contributed by atoms with Gasteiger partial charge in [-0.15, -0.1) is 0 Å². The van der Waals surface area contributed by atoms with Crippen LogP contribution in [0.25, 0.3) is 0 Å². The van der Waals surface area contributed by atoms with Gasteiger partial charge in [-0.1, -0.05) is 18.2 Å². The number of halogens is 1. The summed E-state index contributed by atoms with van der Waals surface area (Å²) < 4.78 is 13.4. The van der Waals surface area contributed by atoms with Crippen LogP contribution >= 0.6 is 0 Å². The standard InChI is InChI=1S/C14H11FN2O4/c15-11-7-9(5-6-12(11)17(20)21)14(19)16-8-10-3-1-2-4-13(10)18/h1-7,18H,8H2,(H,16,19). The molecule has 0 spiro atoms. The van der Waals surface area contributed by atoms with Crippen molar-refractivity contribution in [3.8, 4) is 5.75 Å². The van der Waals surface area contributed by atoms with Gasteiger partial charge in [-0.05, 0) is 18.2 Å². The van der Waals surface area contributed by atoms with Crippen LogP contribution < -0.4 is 5.32 Å². The molecule has 1 amide bonds. The third-order valence-corrected chi connectivity index (χ3v) is 2.84. The first-order chi connectivity index (χ1) is 9.99. The van der Waals surface area contributed by atoms with Gasteiger partial charge < -0.3 is 10.4 Å². The van der Waals surface area contributed by atoms with Crippen LogP contribution in [0.15, 0.2) is 42.5 Å². The first-order valence-corrected chi connectivity index (χ1v) is 5.98. The second-order valence-corrected chi connectivity index (χ2v) is 4.23. The van der Waals surface area contributed by atoms with E-state index in [1.807, 2.05) is 0 Å². The monoisotopic (exact) mass is 290 g/mol. The summed E-state index contributed by atoms with van der Waals surface area (Å²) in [5.41, 5.74) is -0.214. The zero-order valence-electron chi connectivity index (χ0n) is 10.7. The second kappa shape index (κ2) is 6.00. The van der Waals surface area contributed by atoms with Gasteiger partial charge in [0.2, 0.25) is 5.82 Å². The third kappa shape index (κ3) is 3.33. The third-order valence-electron chi connectivity index (χ3n) is 2.84. The summed E-state index contributed by atoms with van der Waals surface area (Å²) in [6, 6.07) is 9.36. The van der Waals surface area contributed by atoms with E-state index in [-0.39, 0.29) is 17.9 Å². The molecule has 0 radical (unpaired) electrons. The number of amides is 1. The first kappa shape index (κ1) is 14.4. The number of nitrogens with zero attached hydrogens (tertiary/aromatic N) is 1. The van der Waals surface area contributed by atoms with Crippen molar-refractivity contribution in [2.24, 2.45) is 0 Å². The Hall–Kier alpha value is -2.96. The smallest absolute Gasteiger partial charge is 0.304 e. The Morgan fingerprint density at radius 1 is 1.29 bits per heavy atom. The van der Waals surface area contributed by atoms with Crippen LogP contribution in [0.3, 0.4) is 0 Å². The van der Waals surface area contributed by atoms with Gasteiger partial charge in [0.05, 0.1) is 4.92 Å². The maximum Gasteiger partial charge on any atom is 0.304 e. The van der Waals surface area contributed by atoms with Gasteiger partial charge in [-0.25, -0.2) is 0 Å². The summed E-state index contributed by atoms with van der Waals surface area (Å²) in [7, 11) is 0. The molecule has 0 bridgehead atoms. The van der Waals surface area contributed by atoms with Crippen molar-refractivity contribution >= 4 is 11.6 Å². The number of nitro benzene ring substituents is 1. The van der Waals surface area contributed by atoms with E-state index in [0.717, 1.165) is 12.1 Å². The normalized spacial score (nSPS) is 10.1. The first-order valence-electron chi connectivity index (χ1n) is 5.98. The highest BCUT2D eigenvalue weighted by molar-refractivity contribution is 5.94. The number of hydrogen-bond acceptors (Lipinski definition) is 4. The van der Waals surface area contributed by atoms with Gasteiger partial charge in [-0.2, -0.15) is 4.39 Å². The Morgan fingerprint density at radius 2 is 2.00 bits per heavy atom. The molecule has 2 rings (SSSR count). The highest BCUT2D eigenvalue weighted by atomic mass is 19.1. The molecule has 0 saturated carbocycles. The molecule has 7 heteroatoms. The molecule has 0 aliphatic rings. The Balaban J connectivity index is 2.09. The fourth-order valence-electron chi connectivity index (χ4n) is 1.73. The molecule has 0 aromatic heterocycles. The van der Waals surface area contributed by atoms with Crippen LogP contribution in [0.4, 0.5) is 10.1 Å². The van der Waals surface area contributed by atoms with Gasteiger partial charge in [0.15, 0.2) is 0 Å². The van der Waals surface area contributed by atoms with Gasteiger partial charge in [0.1, 0.15) is 5.75 Å². The summed E-state index contributed by atoms with van der Waals surface area (Å²) >= 11 is 0. The molecule has 0 aliphatic heterocycles.